The first-order chi connectivity index (χ1) is 9.38. The second-order valence-corrected chi connectivity index (χ2v) is 4.91. The van der Waals surface area contributed by atoms with E-state index in [1.807, 2.05) is 0 Å². The zero-order chi connectivity index (χ0) is 14.9. The van der Waals surface area contributed by atoms with E-state index in [1.165, 1.54) is 4.90 Å². The number of amides is 1. The lowest BCUT2D eigenvalue weighted by Crippen LogP contribution is -2.35. The van der Waals surface area contributed by atoms with Crippen molar-refractivity contribution in [2.24, 2.45) is 0 Å². The number of nitrogens with zero attached hydrogens (tertiary/aromatic N) is 1. The zero-order valence-corrected chi connectivity index (χ0v) is 11.6. The third-order valence-corrected chi connectivity index (χ3v) is 3.09. The quantitative estimate of drug-likeness (QED) is 0.887. The lowest BCUT2D eigenvalue weighted by atomic mass is 10.1. The number of likely N-dealkylation sites (N-methyl/N-ethyl adjacent to an activating group) is 1. The van der Waals surface area contributed by atoms with Crippen LogP contribution in [0.15, 0.2) is 18.2 Å². The maximum Gasteiger partial charge on any atom is 0.345 e. The number of carboxylic acids is 1. The summed E-state index contributed by atoms with van der Waals surface area (Å²) in [5.74, 6) is -0.147. The summed E-state index contributed by atoms with van der Waals surface area (Å²) in [5, 5.41) is 8.93. The molecular formula is C14H17NO5. The molecule has 0 aromatic heterocycles. The Morgan fingerprint density at radius 1 is 1.45 bits per heavy atom. The van der Waals surface area contributed by atoms with Gasteiger partial charge in [0.1, 0.15) is 11.5 Å². The van der Waals surface area contributed by atoms with E-state index in [4.69, 9.17) is 14.6 Å². The van der Waals surface area contributed by atoms with E-state index in [2.05, 4.69) is 0 Å². The largest absolute Gasteiger partial charge is 0.481 e. The zero-order valence-electron chi connectivity index (χ0n) is 11.6. The van der Waals surface area contributed by atoms with Gasteiger partial charge < -0.3 is 19.5 Å². The molecule has 2 atom stereocenters. The molecule has 1 aromatic rings. The first-order valence-corrected chi connectivity index (χ1v) is 6.28. The molecule has 0 saturated heterocycles. The van der Waals surface area contributed by atoms with Crippen LogP contribution in [-0.4, -0.2) is 48.2 Å². The van der Waals surface area contributed by atoms with Crippen LogP contribution in [0.3, 0.4) is 0 Å². The van der Waals surface area contributed by atoms with Crippen LogP contribution in [0.25, 0.3) is 0 Å². The van der Waals surface area contributed by atoms with E-state index in [1.54, 1.807) is 39.2 Å². The predicted molar refractivity (Wildman–Crippen MR) is 71.0 cm³/mol. The number of ether oxygens (including phenoxy) is 2. The number of hydrogen-bond acceptors (Lipinski definition) is 4. The standard InChI is InChI=1S/C14H17NO5/c1-8(13(16)15(2)3)19-10-5-4-9-6-12(14(17)18)20-11(9)7-10/h4-5,7-8,12H,6H2,1-3H3,(H,17,18). The van der Waals surface area contributed by atoms with E-state index in [9.17, 15) is 9.59 Å². The highest BCUT2D eigenvalue weighted by molar-refractivity contribution is 5.80. The maximum absolute atomic E-state index is 11.7. The van der Waals surface area contributed by atoms with Crippen LogP contribution >= 0.6 is 0 Å². The van der Waals surface area contributed by atoms with Crippen molar-refractivity contribution in [2.75, 3.05) is 14.1 Å². The van der Waals surface area contributed by atoms with Crippen LogP contribution in [0.1, 0.15) is 12.5 Å². The number of carbonyl (C=O) groups is 2. The molecular weight excluding hydrogens is 262 g/mol. The van der Waals surface area contributed by atoms with Crippen molar-refractivity contribution in [1.82, 2.24) is 4.90 Å². The molecule has 1 heterocycles. The minimum atomic E-state index is -0.986. The van der Waals surface area contributed by atoms with Gasteiger partial charge in [-0.25, -0.2) is 4.79 Å². The Hall–Kier alpha value is -2.24. The highest BCUT2D eigenvalue weighted by Crippen LogP contribution is 2.32. The van der Waals surface area contributed by atoms with E-state index < -0.39 is 18.2 Å². The summed E-state index contributed by atoms with van der Waals surface area (Å²) in [6.07, 6.45) is -1.11. The van der Waals surface area contributed by atoms with Gasteiger partial charge in [0.2, 0.25) is 0 Å². The Labute approximate surface area is 116 Å². The summed E-state index contributed by atoms with van der Waals surface area (Å²) in [4.78, 5) is 24.1. The lowest BCUT2D eigenvalue weighted by molar-refractivity contribution is -0.144. The number of carbonyl (C=O) groups excluding carboxylic acids is 1. The van der Waals surface area contributed by atoms with Gasteiger partial charge in [0.25, 0.3) is 5.91 Å². The first-order valence-electron chi connectivity index (χ1n) is 6.28. The second-order valence-electron chi connectivity index (χ2n) is 4.91. The number of fused-ring (bicyclic) bond motifs is 1. The fourth-order valence-corrected chi connectivity index (χ4v) is 2.04. The maximum atomic E-state index is 11.7. The van der Waals surface area contributed by atoms with Crippen LogP contribution < -0.4 is 9.47 Å². The SMILES string of the molecule is CC(Oc1ccc2c(c1)OC(C(=O)O)C2)C(=O)N(C)C. The molecule has 0 saturated carbocycles. The molecule has 0 aliphatic carbocycles. The lowest BCUT2D eigenvalue weighted by Gasteiger charge is -2.18. The van der Waals surface area contributed by atoms with Gasteiger partial charge in [0, 0.05) is 26.6 Å². The van der Waals surface area contributed by atoms with E-state index in [-0.39, 0.29) is 5.91 Å². The Kier molecular flexibility index (Phi) is 3.83. The van der Waals surface area contributed by atoms with Crippen molar-refractivity contribution in [1.29, 1.82) is 0 Å². The molecule has 1 aliphatic heterocycles. The van der Waals surface area contributed by atoms with Gasteiger partial charge in [0.15, 0.2) is 12.2 Å². The smallest absolute Gasteiger partial charge is 0.345 e. The summed E-state index contributed by atoms with van der Waals surface area (Å²) >= 11 is 0. The molecule has 0 fully saturated rings. The summed E-state index contributed by atoms with van der Waals surface area (Å²) in [7, 11) is 3.32. The van der Waals surface area contributed by atoms with E-state index >= 15 is 0 Å². The van der Waals surface area contributed by atoms with Gasteiger partial charge in [-0.2, -0.15) is 0 Å². The molecule has 108 valence electrons. The van der Waals surface area contributed by atoms with Crippen LogP contribution in [0.2, 0.25) is 0 Å². The number of benzene rings is 1. The third kappa shape index (κ3) is 2.84. The molecule has 2 unspecified atom stereocenters. The Morgan fingerprint density at radius 2 is 2.15 bits per heavy atom. The van der Waals surface area contributed by atoms with Crippen LogP contribution in [0.5, 0.6) is 11.5 Å². The summed E-state index contributed by atoms with van der Waals surface area (Å²) in [6, 6.07) is 5.10. The van der Waals surface area contributed by atoms with E-state index in [0.717, 1.165) is 5.56 Å². The molecule has 0 bridgehead atoms. The van der Waals surface area contributed by atoms with Crippen molar-refractivity contribution >= 4 is 11.9 Å². The molecule has 6 nitrogen and oxygen atoms in total. The second kappa shape index (κ2) is 5.40. The van der Waals surface area contributed by atoms with Crippen molar-refractivity contribution in [3.05, 3.63) is 23.8 Å². The minimum Gasteiger partial charge on any atom is -0.481 e. The topological polar surface area (TPSA) is 76.1 Å². The average molecular weight is 279 g/mol. The van der Waals surface area contributed by atoms with Crippen molar-refractivity contribution in [2.45, 2.75) is 25.6 Å². The van der Waals surface area contributed by atoms with Crippen LogP contribution in [0.4, 0.5) is 0 Å². The first kappa shape index (κ1) is 14.2. The number of hydrogen-bond donors (Lipinski definition) is 1. The van der Waals surface area contributed by atoms with Gasteiger partial charge in [-0.3, -0.25) is 4.79 Å². The average Bonchev–Trinajstić information content (AvgIpc) is 2.80. The molecule has 1 aromatic carbocycles. The molecule has 1 aliphatic rings. The van der Waals surface area contributed by atoms with Gasteiger partial charge in [0.05, 0.1) is 0 Å². The summed E-state index contributed by atoms with van der Waals surface area (Å²) in [6.45, 7) is 1.66. The monoisotopic (exact) mass is 279 g/mol. The normalized spacial score (nSPS) is 17.9. The molecule has 1 N–H and O–H groups in total. The van der Waals surface area contributed by atoms with Crippen LogP contribution in [-0.2, 0) is 16.0 Å². The molecule has 2 rings (SSSR count). The number of carboxylic acid groups (broad SMARTS) is 1. The number of rotatable bonds is 4. The summed E-state index contributed by atoms with van der Waals surface area (Å²) < 4.78 is 10.9. The van der Waals surface area contributed by atoms with Gasteiger partial charge >= 0.3 is 5.97 Å². The third-order valence-electron chi connectivity index (χ3n) is 3.09. The highest BCUT2D eigenvalue weighted by Gasteiger charge is 2.29. The Bertz CT molecular complexity index is 540. The summed E-state index contributed by atoms with van der Waals surface area (Å²) in [5.41, 5.74) is 0.830. The van der Waals surface area contributed by atoms with Crippen molar-refractivity contribution in [3.8, 4) is 11.5 Å². The molecule has 6 heteroatoms. The molecule has 0 spiro atoms. The Balaban J connectivity index is 2.08. The van der Waals surface area contributed by atoms with Crippen molar-refractivity contribution < 1.29 is 24.2 Å². The number of aliphatic carboxylic acids is 1. The molecule has 0 radical (unpaired) electrons. The Morgan fingerprint density at radius 3 is 2.75 bits per heavy atom. The van der Waals surface area contributed by atoms with E-state index in [0.29, 0.717) is 17.9 Å². The van der Waals surface area contributed by atoms with Gasteiger partial charge in [-0.15, -0.1) is 0 Å². The highest BCUT2D eigenvalue weighted by atomic mass is 16.5. The van der Waals surface area contributed by atoms with Crippen LogP contribution in [0, 0.1) is 0 Å². The predicted octanol–water partition coefficient (Wildman–Crippen LogP) is 0.930. The molecule has 20 heavy (non-hydrogen) atoms. The van der Waals surface area contributed by atoms with Gasteiger partial charge in [-0.05, 0) is 18.6 Å². The fraction of sp³-hybridized carbons (Fsp3) is 0.429. The van der Waals surface area contributed by atoms with Gasteiger partial charge in [-0.1, -0.05) is 6.07 Å². The minimum absolute atomic E-state index is 0.144. The van der Waals surface area contributed by atoms with Crippen molar-refractivity contribution in [3.63, 3.8) is 0 Å². The molecule has 1 amide bonds. The fourth-order valence-electron chi connectivity index (χ4n) is 2.04.